The molecule has 0 radical (unpaired) electrons. The van der Waals surface area contributed by atoms with Crippen molar-refractivity contribution in [2.45, 2.75) is 38.5 Å². The van der Waals surface area contributed by atoms with Crippen LogP contribution in [-0.4, -0.2) is 22.2 Å². The highest BCUT2D eigenvalue weighted by Crippen LogP contribution is 2.31. The van der Waals surface area contributed by atoms with Crippen LogP contribution in [0.1, 0.15) is 37.8 Å². The van der Waals surface area contributed by atoms with Gasteiger partial charge < -0.3 is 10.2 Å². The Kier molecular flexibility index (Phi) is 4.48. The van der Waals surface area contributed by atoms with Gasteiger partial charge >= 0.3 is 11.9 Å². The number of hydrogen-bond donors (Lipinski definition) is 2. The third-order valence-electron chi connectivity index (χ3n) is 3.14. The van der Waals surface area contributed by atoms with E-state index in [9.17, 15) is 9.59 Å². The summed E-state index contributed by atoms with van der Waals surface area (Å²) < 4.78 is 0. The zero-order chi connectivity index (χ0) is 13.8. The second-order valence-corrected chi connectivity index (χ2v) is 4.75. The van der Waals surface area contributed by atoms with Gasteiger partial charge in [0.15, 0.2) is 0 Å². The zero-order valence-electron chi connectivity index (χ0n) is 10.6. The Bertz CT molecular complexity index is 418. The summed E-state index contributed by atoms with van der Waals surface area (Å²) >= 11 is 0. The normalized spacial score (nSPS) is 11.2. The van der Waals surface area contributed by atoms with Crippen molar-refractivity contribution < 1.29 is 19.8 Å². The highest BCUT2D eigenvalue weighted by Gasteiger charge is 2.32. The number of aryl methyl sites for hydroxylation is 1. The van der Waals surface area contributed by atoms with Crippen molar-refractivity contribution in [3.63, 3.8) is 0 Å². The number of aliphatic carboxylic acids is 2. The van der Waals surface area contributed by atoms with Crippen molar-refractivity contribution in [1.29, 1.82) is 0 Å². The summed E-state index contributed by atoms with van der Waals surface area (Å²) in [4.78, 5) is 21.8. The molecular formula is C14H18O4. The molecule has 0 atom stereocenters. The first-order chi connectivity index (χ1) is 8.37. The molecule has 0 aliphatic heterocycles. The Morgan fingerprint density at radius 2 is 1.50 bits per heavy atom. The molecule has 0 spiro atoms. The van der Waals surface area contributed by atoms with Crippen LogP contribution in [0.5, 0.6) is 0 Å². The molecule has 0 heterocycles. The van der Waals surface area contributed by atoms with Crippen molar-refractivity contribution in [2.75, 3.05) is 0 Å². The molecule has 0 bridgehead atoms. The first kappa shape index (κ1) is 14.2. The molecule has 0 unspecified atom stereocenters. The van der Waals surface area contributed by atoms with E-state index < -0.39 is 17.4 Å². The van der Waals surface area contributed by atoms with Crippen LogP contribution >= 0.6 is 0 Å². The first-order valence-corrected chi connectivity index (χ1v) is 5.90. The van der Waals surface area contributed by atoms with E-state index in [1.807, 2.05) is 31.2 Å². The van der Waals surface area contributed by atoms with Crippen LogP contribution in [0.15, 0.2) is 24.3 Å². The average molecular weight is 250 g/mol. The average Bonchev–Trinajstić information content (AvgIpc) is 2.27. The Morgan fingerprint density at radius 3 is 1.83 bits per heavy atom. The molecule has 0 aromatic heterocycles. The van der Waals surface area contributed by atoms with Gasteiger partial charge in [-0.1, -0.05) is 38.1 Å². The lowest BCUT2D eigenvalue weighted by molar-refractivity contribution is -0.141. The fourth-order valence-corrected chi connectivity index (χ4v) is 2.08. The molecule has 0 fully saturated rings. The summed E-state index contributed by atoms with van der Waals surface area (Å²) in [6, 6.07) is 7.48. The van der Waals surface area contributed by atoms with E-state index in [1.165, 1.54) is 0 Å². The van der Waals surface area contributed by atoms with E-state index in [0.29, 0.717) is 0 Å². The fourth-order valence-electron chi connectivity index (χ4n) is 2.08. The minimum atomic E-state index is -0.988. The predicted octanol–water partition coefficient (Wildman–Crippen LogP) is 2.46. The minimum absolute atomic E-state index is 0.190. The van der Waals surface area contributed by atoms with E-state index in [4.69, 9.17) is 10.2 Å². The Morgan fingerprint density at radius 1 is 1.06 bits per heavy atom. The van der Waals surface area contributed by atoms with Gasteiger partial charge in [0.25, 0.3) is 0 Å². The Balaban J connectivity index is 3.07. The van der Waals surface area contributed by atoms with E-state index in [2.05, 4.69) is 0 Å². The quantitative estimate of drug-likeness (QED) is 0.813. The molecule has 0 saturated carbocycles. The number of benzene rings is 1. The van der Waals surface area contributed by atoms with E-state index in [-0.39, 0.29) is 12.8 Å². The maximum atomic E-state index is 10.9. The SMILES string of the molecule is CCc1ccc(C(C)(CC(=O)O)CC(=O)O)cc1. The van der Waals surface area contributed by atoms with E-state index >= 15 is 0 Å². The minimum Gasteiger partial charge on any atom is -0.481 e. The number of carbonyl (C=O) groups is 2. The van der Waals surface area contributed by atoms with Gasteiger partial charge in [-0.3, -0.25) is 9.59 Å². The van der Waals surface area contributed by atoms with Gasteiger partial charge in [0.05, 0.1) is 12.8 Å². The number of carboxylic acid groups (broad SMARTS) is 2. The third kappa shape index (κ3) is 3.58. The van der Waals surface area contributed by atoms with Gasteiger partial charge in [-0.05, 0) is 17.5 Å². The smallest absolute Gasteiger partial charge is 0.304 e. The van der Waals surface area contributed by atoms with E-state index in [0.717, 1.165) is 17.5 Å². The predicted molar refractivity (Wildman–Crippen MR) is 67.7 cm³/mol. The Hall–Kier alpha value is -1.84. The summed E-state index contributed by atoms with van der Waals surface area (Å²) in [5.74, 6) is -1.98. The summed E-state index contributed by atoms with van der Waals surface area (Å²) in [6.45, 7) is 3.71. The Labute approximate surface area is 106 Å². The first-order valence-electron chi connectivity index (χ1n) is 5.90. The van der Waals surface area contributed by atoms with E-state index in [1.54, 1.807) is 6.92 Å². The maximum Gasteiger partial charge on any atom is 0.304 e. The van der Waals surface area contributed by atoms with Crippen LogP contribution in [0.25, 0.3) is 0 Å². The van der Waals surface area contributed by atoms with Crippen molar-refractivity contribution >= 4 is 11.9 Å². The van der Waals surface area contributed by atoms with Crippen molar-refractivity contribution in [3.05, 3.63) is 35.4 Å². The molecular weight excluding hydrogens is 232 g/mol. The molecule has 2 N–H and O–H groups in total. The molecule has 0 aliphatic rings. The van der Waals surface area contributed by atoms with Gasteiger partial charge in [0.2, 0.25) is 0 Å². The lowest BCUT2D eigenvalue weighted by Crippen LogP contribution is -2.29. The highest BCUT2D eigenvalue weighted by molar-refractivity contribution is 5.74. The lowest BCUT2D eigenvalue weighted by atomic mass is 9.76. The van der Waals surface area contributed by atoms with Gasteiger partial charge in [-0.2, -0.15) is 0 Å². The lowest BCUT2D eigenvalue weighted by Gasteiger charge is -2.26. The van der Waals surface area contributed by atoms with Crippen LogP contribution in [0.2, 0.25) is 0 Å². The fraction of sp³-hybridized carbons (Fsp3) is 0.429. The van der Waals surface area contributed by atoms with Gasteiger partial charge in [0.1, 0.15) is 0 Å². The zero-order valence-corrected chi connectivity index (χ0v) is 10.6. The molecule has 0 saturated heterocycles. The van der Waals surface area contributed by atoms with Gasteiger partial charge in [0, 0.05) is 5.41 Å². The maximum absolute atomic E-state index is 10.9. The molecule has 98 valence electrons. The summed E-state index contributed by atoms with van der Waals surface area (Å²) in [5, 5.41) is 17.9. The number of carboxylic acids is 2. The summed E-state index contributed by atoms with van der Waals surface area (Å²) in [6.07, 6.45) is 0.518. The van der Waals surface area contributed by atoms with Crippen LogP contribution in [0, 0.1) is 0 Å². The van der Waals surface area contributed by atoms with Crippen LogP contribution in [0.4, 0.5) is 0 Å². The number of hydrogen-bond acceptors (Lipinski definition) is 2. The van der Waals surface area contributed by atoms with Gasteiger partial charge in [-0.25, -0.2) is 0 Å². The monoisotopic (exact) mass is 250 g/mol. The second-order valence-electron chi connectivity index (χ2n) is 4.75. The molecule has 0 aliphatic carbocycles. The largest absolute Gasteiger partial charge is 0.481 e. The topological polar surface area (TPSA) is 74.6 Å². The van der Waals surface area contributed by atoms with Crippen LogP contribution < -0.4 is 0 Å². The van der Waals surface area contributed by atoms with Crippen LogP contribution in [-0.2, 0) is 21.4 Å². The third-order valence-corrected chi connectivity index (χ3v) is 3.14. The van der Waals surface area contributed by atoms with Crippen molar-refractivity contribution in [1.82, 2.24) is 0 Å². The molecule has 4 nitrogen and oxygen atoms in total. The van der Waals surface area contributed by atoms with Crippen molar-refractivity contribution in [3.8, 4) is 0 Å². The number of rotatable bonds is 6. The molecule has 4 heteroatoms. The summed E-state index contributed by atoms with van der Waals surface area (Å²) in [7, 11) is 0. The summed E-state index contributed by atoms with van der Waals surface area (Å²) in [5.41, 5.74) is 1.03. The molecule has 0 amide bonds. The van der Waals surface area contributed by atoms with Crippen LogP contribution in [0.3, 0.4) is 0 Å². The highest BCUT2D eigenvalue weighted by atomic mass is 16.4. The molecule has 1 aromatic rings. The molecule has 18 heavy (non-hydrogen) atoms. The molecule has 1 rings (SSSR count). The second kappa shape index (κ2) is 5.67. The van der Waals surface area contributed by atoms with Gasteiger partial charge in [-0.15, -0.1) is 0 Å². The standard InChI is InChI=1S/C14H18O4/c1-3-10-4-6-11(7-5-10)14(2,8-12(15)16)9-13(17)18/h4-7H,3,8-9H2,1-2H3,(H,15,16)(H,17,18). The van der Waals surface area contributed by atoms with Crippen molar-refractivity contribution in [2.24, 2.45) is 0 Å². The molecule has 1 aromatic carbocycles.